The Morgan fingerprint density at radius 1 is 1.06 bits per heavy atom. The number of hydrogen-bond acceptors (Lipinski definition) is 5. The number of benzene rings is 2. The molecule has 1 unspecified atom stereocenters. The third kappa shape index (κ3) is 6.52. The molecule has 7 nitrogen and oxygen atoms in total. The summed E-state index contributed by atoms with van der Waals surface area (Å²) in [6.45, 7) is 3.63. The van der Waals surface area contributed by atoms with Gasteiger partial charge in [0.05, 0.1) is 14.2 Å². The number of hydrogen-bond donors (Lipinski definition) is 2. The highest BCUT2D eigenvalue weighted by Gasteiger charge is 2.23. The SMILES string of the molecule is CN=C(NCc1ccc(N(C)C)cc1)NC1CCN(Cc2cc(OC)cc(OC)c2)C1. The van der Waals surface area contributed by atoms with Crippen molar-refractivity contribution in [2.75, 3.05) is 53.4 Å². The van der Waals surface area contributed by atoms with Gasteiger partial charge >= 0.3 is 0 Å². The van der Waals surface area contributed by atoms with Gasteiger partial charge in [0, 0.05) is 65.1 Å². The van der Waals surface area contributed by atoms with Crippen molar-refractivity contribution in [3.05, 3.63) is 53.6 Å². The summed E-state index contributed by atoms with van der Waals surface area (Å²) in [4.78, 5) is 8.95. The molecule has 3 rings (SSSR count). The Hall–Kier alpha value is -2.93. The Morgan fingerprint density at radius 3 is 2.32 bits per heavy atom. The van der Waals surface area contributed by atoms with Gasteiger partial charge in [-0.15, -0.1) is 0 Å². The van der Waals surface area contributed by atoms with Gasteiger partial charge in [-0.2, -0.15) is 0 Å². The van der Waals surface area contributed by atoms with E-state index in [4.69, 9.17) is 9.47 Å². The standard InChI is InChI=1S/C24H35N5O2/c1-25-24(26-15-18-6-8-21(9-7-18)28(2)3)27-20-10-11-29(17-20)16-19-12-22(30-4)14-23(13-19)31-5/h6-9,12-14,20H,10-11,15-17H2,1-5H3,(H2,25,26,27). The van der Waals surface area contributed by atoms with Crippen LogP contribution in [0.1, 0.15) is 17.5 Å². The second-order valence-electron chi connectivity index (χ2n) is 8.07. The highest BCUT2D eigenvalue weighted by Crippen LogP contribution is 2.24. The summed E-state index contributed by atoms with van der Waals surface area (Å²) in [5.74, 6) is 2.49. The Bertz CT molecular complexity index is 845. The molecule has 1 atom stereocenters. The van der Waals surface area contributed by atoms with E-state index in [0.29, 0.717) is 6.04 Å². The Balaban J connectivity index is 1.49. The zero-order valence-electron chi connectivity index (χ0n) is 19.3. The van der Waals surface area contributed by atoms with Gasteiger partial charge in [0.25, 0.3) is 0 Å². The predicted molar refractivity (Wildman–Crippen MR) is 127 cm³/mol. The summed E-state index contributed by atoms with van der Waals surface area (Å²) < 4.78 is 10.8. The fraction of sp³-hybridized carbons (Fsp3) is 0.458. The molecule has 1 heterocycles. The van der Waals surface area contributed by atoms with Crippen LogP contribution in [0.15, 0.2) is 47.5 Å². The molecule has 2 N–H and O–H groups in total. The Labute approximate surface area is 186 Å². The maximum atomic E-state index is 5.39. The van der Waals surface area contributed by atoms with E-state index in [9.17, 15) is 0 Å². The lowest BCUT2D eigenvalue weighted by atomic mass is 10.2. The van der Waals surface area contributed by atoms with Crippen molar-refractivity contribution in [3.63, 3.8) is 0 Å². The van der Waals surface area contributed by atoms with Crippen LogP contribution in [0.25, 0.3) is 0 Å². The van der Waals surface area contributed by atoms with Crippen LogP contribution in [0.5, 0.6) is 11.5 Å². The van der Waals surface area contributed by atoms with Crippen molar-refractivity contribution in [1.82, 2.24) is 15.5 Å². The lowest BCUT2D eigenvalue weighted by Crippen LogP contribution is -2.44. The molecule has 2 aromatic rings. The van der Waals surface area contributed by atoms with Crippen molar-refractivity contribution in [2.45, 2.75) is 25.6 Å². The van der Waals surface area contributed by atoms with E-state index in [1.807, 2.05) is 13.1 Å². The molecule has 1 aliphatic rings. The molecular weight excluding hydrogens is 390 g/mol. The van der Waals surface area contributed by atoms with Crippen LogP contribution in [0, 0.1) is 0 Å². The van der Waals surface area contributed by atoms with E-state index in [0.717, 1.165) is 50.1 Å². The first-order valence-electron chi connectivity index (χ1n) is 10.7. The first kappa shape index (κ1) is 22.7. The predicted octanol–water partition coefficient (Wildman–Crippen LogP) is 2.71. The lowest BCUT2D eigenvalue weighted by molar-refractivity contribution is 0.321. The molecule has 0 amide bonds. The zero-order chi connectivity index (χ0) is 22.2. The van der Waals surface area contributed by atoms with Crippen LogP contribution >= 0.6 is 0 Å². The van der Waals surface area contributed by atoms with Crippen molar-refractivity contribution in [3.8, 4) is 11.5 Å². The van der Waals surface area contributed by atoms with Gasteiger partial charge in [-0.3, -0.25) is 9.89 Å². The molecule has 2 aromatic carbocycles. The first-order valence-corrected chi connectivity index (χ1v) is 10.7. The van der Waals surface area contributed by atoms with Gasteiger partial charge in [0.15, 0.2) is 5.96 Å². The van der Waals surface area contributed by atoms with Crippen molar-refractivity contribution >= 4 is 11.6 Å². The maximum absolute atomic E-state index is 5.39. The number of aliphatic imine (C=N–C) groups is 1. The van der Waals surface area contributed by atoms with Gasteiger partial charge in [-0.05, 0) is 41.8 Å². The molecule has 0 saturated carbocycles. The number of methoxy groups -OCH3 is 2. The molecule has 0 spiro atoms. The van der Waals surface area contributed by atoms with E-state index in [1.165, 1.54) is 16.8 Å². The third-order valence-corrected chi connectivity index (χ3v) is 5.57. The summed E-state index contributed by atoms with van der Waals surface area (Å²) in [6, 6.07) is 15.0. The van der Waals surface area contributed by atoms with Gasteiger partial charge in [-0.1, -0.05) is 12.1 Å². The van der Waals surface area contributed by atoms with Gasteiger partial charge in [0.2, 0.25) is 0 Å². The van der Waals surface area contributed by atoms with E-state index < -0.39 is 0 Å². The monoisotopic (exact) mass is 425 g/mol. The maximum Gasteiger partial charge on any atom is 0.191 e. The topological polar surface area (TPSA) is 61.4 Å². The number of nitrogens with zero attached hydrogens (tertiary/aromatic N) is 3. The molecule has 7 heteroatoms. The van der Waals surface area contributed by atoms with Crippen LogP contribution in [-0.4, -0.2) is 65.4 Å². The van der Waals surface area contributed by atoms with Crippen LogP contribution in [0.4, 0.5) is 5.69 Å². The van der Waals surface area contributed by atoms with Crippen LogP contribution in [-0.2, 0) is 13.1 Å². The minimum Gasteiger partial charge on any atom is -0.497 e. The quantitative estimate of drug-likeness (QED) is 0.501. The third-order valence-electron chi connectivity index (χ3n) is 5.57. The summed E-state index contributed by atoms with van der Waals surface area (Å²) in [7, 11) is 9.29. The summed E-state index contributed by atoms with van der Waals surface area (Å²) in [5, 5.41) is 7.00. The normalized spacial score (nSPS) is 16.8. The number of likely N-dealkylation sites (tertiary alicyclic amines) is 1. The molecule has 1 aliphatic heterocycles. The molecule has 31 heavy (non-hydrogen) atoms. The highest BCUT2D eigenvalue weighted by molar-refractivity contribution is 5.80. The van der Waals surface area contributed by atoms with Gasteiger partial charge in [-0.25, -0.2) is 0 Å². The zero-order valence-corrected chi connectivity index (χ0v) is 19.3. The largest absolute Gasteiger partial charge is 0.497 e. The average Bonchev–Trinajstić information content (AvgIpc) is 3.23. The lowest BCUT2D eigenvalue weighted by Gasteiger charge is -2.20. The summed E-state index contributed by atoms with van der Waals surface area (Å²) in [5.41, 5.74) is 3.63. The summed E-state index contributed by atoms with van der Waals surface area (Å²) in [6.07, 6.45) is 1.08. The number of ether oxygens (including phenoxy) is 2. The fourth-order valence-corrected chi connectivity index (χ4v) is 3.80. The number of anilines is 1. The molecule has 0 aliphatic carbocycles. The fourth-order valence-electron chi connectivity index (χ4n) is 3.80. The first-order chi connectivity index (χ1) is 15.0. The van der Waals surface area contributed by atoms with Gasteiger partial charge < -0.3 is 25.0 Å². The Kier molecular flexibility index (Phi) is 8.00. The van der Waals surface area contributed by atoms with Crippen LogP contribution in [0.2, 0.25) is 0 Å². The number of guanidine groups is 1. The van der Waals surface area contributed by atoms with E-state index in [-0.39, 0.29) is 0 Å². The smallest absolute Gasteiger partial charge is 0.191 e. The summed E-state index contributed by atoms with van der Waals surface area (Å²) >= 11 is 0. The molecule has 1 fully saturated rings. The average molecular weight is 426 g/mol. The van der Waals surface area contributed by atoms with Crippen molar-refractivity contribution in [1.29, 1.82) is 0 Å². The number of nitrogens with one attached hydrogen (secondary N) is 2. The van der Waals surface area contributed by atoms with Gasteiger partial charge in [0.1, 0.15) is 11.5 Å². The van der Waals surface area contributed by atoms with E-state index in [2.05, 4.69) is 75.9 Å². The minimum absolute atomic E-state index is 0.370. The molecule has 0 bridgehead atoms. The number of rotatable bonds is 8. The van der Waals surface area contributed by atoms with E-state index >= 15 is 0 Å². The van der Waals surface area contributed by atoms with Crippen LogP contribution in [0.3, 0.4) is 0 Å². The van der Waals surface area contributed by atoms with Crippen molar-refractivity contribution in [2.24, 2.45) is 4.99 Å². The molecule has 1 saturated heterocycles. The van der Waals surface area contributed by atoms with Crippen molar-refractivity contribution < 1.29 is 9.47 Å². The van der Waals surface area contributed by atoms with E-state index in [1.54, 1.807) is 14.2 Å². The molecule has 0 radical (unpaired) electrons. The van der Waals surface area contributed by atoms with Crippen LogP contribution < -0.4 is 25.0 Å². The Morgan fingerprint density at radius 2 is 1.74 bits per heavy atom. The molecular formula is C24H35N5O2. The molecule has 0 aromatic heterocycles. The second kappa shape index (κ2) is 10.9. The molecule has 168 valence electrons. The minimum atomic E-state index is 0.370. The highest BCUT2D eigenvalue weighted by atomic mass is 16.5. The second-order valence-corrected chi connectivity index (χ2v) is 8.07.